The molecule has 2 aromatic heterocycles. The van der Waals surface area contributed by atoms with E-state index in [4.69, 9.17) is 0 Å². The van der Waals surface area contributed by atoms with Gasteiger partial charge in [0, 0.05) is 26.2 Å². The van der Waals surface area contributed by atoms with E-state index in [1.54, 1.807) is 22.7 Å². The van der Waals surface area contributed by atoms with Gasteiger partial charge in [-0.15, -0.1) is 22.7 Å². The maximum atomic E-state index is 3.37. The van der Waals surface area contributed by atoms with E-state index in [9.17, 15) is 0 Å². The molecule has 0 bridgehead atoms. The van der Waals surface area contributed by atoms with Gasteiger partial charge in [0.1, 0.15) is 0 Å². The predicted octanol–water partition coefficient (Wildman–Crippen LogP) is 3.72. The van der Waals surface area contributed by atoms with Crippen molar-refractivity contribution in [3.8, 4) is 0 Å². The van der Waals surface area contributed by atoms with Crippen molar-refractivity contribution in [2.45, 2.75) is 0 Å². The molecule has 3 aromatic rings. The summed E-state index contributed by atoms with van der Waals surface area (Å²) < 4.78 is 2.52. The Balaban J connectivity index is 2.62. The SMILES string of the molecule is [c]1cc2cc3sccc3[c]c2s1. The Morgan fingerprint density at radius 3 is 3.33 bits per heavy atom. The lowest BCUT2D eigenvalue weighted by Crippen LogP contribution is -1.62. The molecule has 0 amide bonds. The number of thiophene rings is 2. The molecule has 2 heteroatoms. The zero-order valence-electron chi connectivity index (χ0n) is 6.13. The van der Waals surface area contributed by atoms with Crippen molar-refractivity contribution in [3.63, 3.8) is 0 Å². The monoisotopic (exact) mass is 188 g/mol. The van der Waals surface area contributed by atoms with Gasteiger partial charge in [0.15, 0.2) is 0 Å². The van der Waals surface area contributed by atoms with Crippen LogP contribution in [0.25, 0.3) is 20.2 Å². The van der Waals surface area contributed by atoms with Crippen LogP contribution in [-0.4, -0.2) is 0 Å². The van der Waals surface area contributed by atoms with Crippen molar-refractivity contribution in [1.82, 2.24) is 0 Å². The molecule has 2 radical (unpaired) electrons. The third kappa shape index (κ3) is 0.822. The lowest BCUT2D eigenvalue weighted by atomic mass is 10.2. The zero-order chi connectivity index (χ0) is 7.97. The van der Waals surface area contributed by atoms with Crippen LogP contribution in [-0.2, 0) is 0 Å². The highest BCUT2D eigenvalue weighted by atomic mass is 32.1. The second-order valence-electron chi connectivity index (χ2n) is 2.62. The quantitative estimate of drug-likeness (QED) is 0.504. The van der Waals surface area contributed by atoms with Crippen LogP contribution in [0.3, 0.4) is 0 Å². The van der Waals surface area contributed by atoms with E-state index in [-0.39, 0.29) is 0 Å². The van der Waals surface area contributed by atoms with Gasteiger partial charge >= 0.3 is 0 Å². The van der Waals surface area contributed by atoms with Gasteiger partial charge in [-0.2, -0.15) is 0 Å². The molecule has 12 heavy (non-hydrogen) atoms. The summed E-state index contributed by atoms with van der Waals surface area (Å²) in [7, 11) is 0. The first-order valence-corrected chi connectivity index (χ1v) is 5.32. The lowest BCUT2D eigenvalue weighted by Gasteiger charge is -1.88. The molecule has 1 aromatic carbocycles. The van der Waals surface area contributed by atoms with E-state index < -0.39 is 0 Å². The summed E-state index contributed by atoms with van der Waals surface area (Å²) in [5.74, 6) is 0. The fourth-order valence-electron chi connectivity index (χ4n) is 1.28. The first-order valence-electron chi connectivity index (χ1n) is 3.62. The summed E-state index contributed by atoms with van der Waals surface area (Å²) in [5.41, 5.74) is 0. The maximum Gasteiger partial charge on any atom is 0.0455 e. The molecule has 0 aliphatic carbocycles. The van der Waals surface area contributed by atoms with Gasteiger partial charge in [0.05, 0.1) is 0 Å². The minimum absolute atomic E-state index is 1.21. The number of hydrogen-bond acceptors (Lipinski definition) is 2. The molecule has 0 aliphatic heterocycles. The molecule has 0 atom stereocenters. The maximum absolute atomic E-state index is 3.37. The number of benzene rings is 1. The fourth-order valence-corrected chi connectivity index (χ4v) is 2.77. The van der Waals surface area contributed by atoms with Crippen LogP contribution in [0.5, 0.6) is 0 Å². The highest BCUT2D eigenvalue weighted by molar-refractivity contribution is 7.18. The molecule has 0 saturated carbocycles. The van der Waals surface area contributed by atoms with Gasteiger partial charge in [-0.25, -0.2) is 0 Å². The molecule has 2 heterocycles. The number of hydrogen-bond donors (Lipinski definition) is 0. The molecule has 0 aliphatic rings. The second-order valence-corrected chi connectivity index (χ2v) is 4.41. The third-order valence-corrected chi connectivity index (χ3v) is 3.51. The Labute approximate surface area is 78.1 Å². The Morgan fingerprint density at radius 1 is 1.33 bits per heavy atom. The summed E-state index contributed by atoms with van der Waals surface area (Å²) in [6.45, 7) is 0. The van der Waals surface area contributed by atoms with Crippen molar-refractivity contribution in [1.29, 1.82) is 0 Å². The molecule has 0 nitrogen and oxygen atoms in total. The van der Waals surface area contributed by atoms with Crippen molar-refractivity contribution in [2.24, 2.45) is 0 Å². The predicted molar refractivity (Wildman–Crippen MR) is 54.9 cm³/mol. The zero-order valence-corrected chi connectivity index (χ0v) is 7.76. The normalized spacial score (nSPS) is 11.3. The number of rotatable bonds is 0. The van der Waals surface area contributed by atoms with Crippen LogP contribution >= 0.6 is 22.7 Å². The van der Waals surface area contributed by atoms with E-state index in [2.05, 4.69) is 29.0 Å². The molecular formula is C10H4S2. The van der Waals surface area contributed by atoms with Crippen molar-refractivity contribution >= 4 is 42.8 Å². The van der Waals surface area contributed by atoms with E-state index in [0.717, 1.165) is 0 Å². The fraction of sp³-hybridized carbons (Fsp3) is 0. The summed E-state index contributed by atoms with van der Waals surface area (Å²) in [5, 5.41) is 7.71. The standard InChI is InChI=1S/C10H4S2/c1-3-11-9-6-8-2-4-12-10(8)5-7(1)9/h1-3,6H. The van der Waals surface area contributed by atoms with Crippen LogP contribution in [0.15, 0.2) is 23.6 Å². The Kier molecular flexibility index (Phi) is 1.28. The second kappa shape index (κ2) is 2.31. The Hall–Kier alpha value is -0.860. The largest absolute Gasteiger partial charge is 0.144 e. The summed E-state index contributed by atoms with van der Waals surface area (Å²) in [4.78, 5) is 0. The molecule has 0 saturated heterocycles. The summed E-state index contributed by atoms with van der Waals surface area (Å²) in [6.07, 6.45) is 0. The van der Waals surface area contributed by atoms with Crippen LogP contribution in [0.2, 0.25) is 0 Å². The minimum Gasteiger partial charge on any atom is -0.144 e. The number of fused-ring (bicyclic) bond motifs is 2. The van der Waals surface area contributed by atoms with Crippen molar-refractivity contribution < 1.29 is 0 Å². The van der Waals surface area contributed by atoms with E-state index in [1.165, 1.54) is 20.2 Å². The molecule has 56 valence electrons. The van der Waals surface area contributed by atoms with Crippen molar-refractivity contribution in [2.75, 3.05) is 0 Å². The molecule has 0 unspecified atom stereocenters. The van der Waals surface area contributed by atoms with Gasteiger partial charge in [-0.3, -0.25) is 0 Å². The van der Waals surface area contributed by atoms with E-state index in [1.807, 2.05) is 6.07 Å². The summed E-state index contributed by atoms with van der Waals surface area (Å²) >= 11 is 3.39. The molecule has 3 rings (SSSR count). The molecular weight excluding hydrogens is 184 g/mol. The first-order chi connectivity index (χ1) is 5.93. The Bertz CT molecular complexity index is 440. The highest BCUT2D eigenvalue weighted by Crippen LogP contribution is 2.28. The van der Waals surface area contributed by atoms with Gasteiger partial charge in [-0.05, 0) is 29.0 Å². The first kappa shape index (κ1) is 6.63. The van der Waals surface area contributed by atoms with Crippen LogP contribution in [0.4, 0.5) is 0 Å². The van der Waals surface area contributed by atoms with Crippen LogP contribution in [0.1, 0.15) is 0 Å². The van der Waals surface area contributed by atoms with Crippen LogP contribution < -0.4 is 0 Å². The average molecular weight is 188 g/mol. The minimum atomic E-state index is 1.21. The molecule has 0 spiro atoms. The van der Waals surface area contributed by atoms with Gasteiger partial charge in [-0.1, -0.05) is 0 Å². The lowest BCUT2D eigenvalue weighted by molar-refractivity contribution is 2.02. The van der Waals surface area contributed by atoms with Gasteiger partial charge in [0.25, 0.3) is 0 Å². The summed E-state index contributed by atoms with van der Waals surface area (Å²) in [6, 6.07) is 9.71. The average Bonchev–Trinajstić information content (AvgIpc) is 2.64. The topological polar surface area (TPSA) is 0 Å². The van der Waals surface area contributed by atoms with E-state index >= 15 is 0 Å². The third-order valence-electron chi connectivity index (χ3n) is 1.87. The molecule has 0 fully saturated rings. The van der Waals surface area contributed by atoms with Crippen LogP contribution in [0, 0.1) is 11.4 Å². The van der Waals surface area contributed by atoms with Crippen molar-refractivity contribution in [3.05, 3.63) is 35.0 Å². The molecule has 0 N–H and O–H groups in total. The van der Waals surface area contributed by atoms with Gasteiger partial charge in [0.2, 0.25) is 0 Å². The Morgan fingerprint density at radius 2 is 2.33 bits per heavy atom. The van der Waals surface area contributed by atoms with E-state index in [0.29, 0.717) is 0 Å². The van der Waals surface area contributed by atoms with Gasteiger partial charge < -0.3 is 0 Å². The highest BCUT2D eigenvalue weighted by Gasteiger charge is 1.99. The smallest absolute Gasteiger partial charge is 0.0455 e.